The number of hydrogen-bond acceptors (Lipinski definition) is 7. The topological polar surface area (TPSA) is 125 Å². The van der Waals surface area contributed by atoms with Crippen molar-refractivity contribution in [3.63, 3.8) is 0 Å². The van der Waals surface area contributed by atoms with Gasteiger partial charge in [0.2, 0.25) is 0 Å². The molecule has 1 atom stereocenters. The molecule has 9 nitrogen and oxygen atoms in total. The quantitative estimate of drug-likeness (QED) is 0.585. The Labute approximate surface area is 139 Å². The van der Waals surface area contributed by atoms with E-state index in [2.05, 4.69) is 5.32 Å². The molecule has 1 aliphatic heterocycles. The number of benzene rings is 1. The molecule has 0 spiro atoms. The molecule has 0 unspecified atom stereocenters. The maximum atomic E-state index is 12.0. The van der Waals surface area contributed by atoms with E-state index in [9.17, 15) is 23.3 Å². The molecule has 0 aromatic heterocycles. The summed E-state index contributed by atoms with van der Waals surface area (Å²) in [6.07, 6.45) is 0.323. The zero-order valence-electron chi connectivity index (χ0n) is 13.3. The number of rotatable bonds is 6. The second-order valence-electron chi connectivity index (χ2n) is 5.83. The van der Waals surface area contributed by atoms with Crippen LogP contribution in [0.3, 0.4) is 0 Å². The summed E-state index contributed by atoms with van der Waals surface area (Å²) < 4.78 is 33.2. The van der Waals surface area contributed by atoms with Crippen LogP contribution in [0.25, 0.3) is 0 Å². The highest BCUT2D eigenvalue weighted by molar-refractivity contribution is 7.91. The van der Waals surface area contributed by atoms with Crippen LogP contribution in [0.1, 0.15) is 13.3 Å². The zero-order valence-corrected chi connectivity index (χ0v) is 14.1. The molecule has 1 aromatic rings. The highest BCUT2D eigenvalue weighted by atomic mass is 32.2. The minimum atomic E-state index is -3.15. The van der Waals surface area contributed by atoms with Crippen molar-refractivity contribution >= 4 is 21.4 Å². The number of sulfone groups is 1. The Hall–Kier alpha value is -2.36. The lowest BCUT2D eigenvalue weighted by Crippen LogP contribution is -2.48. The Morgan fingerprint density at radius 2 is 2.17 bits per heavy atom. The molecule has 0 radical (unpaired) electrons. The van der Waals surface area contributed by atoms with E-state index in [0.717, 1.165) is 0 Å². The number of methoxy groups -OCH3 is 1. The Kier molecular flexibility index (Phi) is 4.97. The molecular formula is C14H18N2O7S. The maximum Gasteiger partial charge on any atom is 0.314 e. The number of hydrogen-bond donors (Lipinski definition) is 1. The molecule has 24 heavy (non-hydrogen) atoms. The minimum absolute atomic E-state index is 0.0224. The molecule has 0 aliphatic carbocycles. The molecule has 1 fully saturated rings. The van der Waals surface area contributed by atoms with Gasteiger partial charge < -0.3 is 14.8 Å². The molecule has 1 aromatic carbocycles. The highest BCUT2D eigenvalue weighted by Crippen LogP contribution is 2.31. The van der Waals surface area contributed by atoms with Gasteiger partial charge in [0.05, 0.1) is 35.1 Å². The van der Waals surface area contributed by atoms with Gasteiger partial charge in [0.25, 0.3) is 5.91 Å². The molecule has 1 heterocycles. The van der Waals surface area contributed by atoms with Gasteiger partial charge in [-0.2, -0.15) is 0 Å². The lowest BCUT2D eigenvalue weighted by Gasteiger charge is -2.23. The lowest BCUT2D eigenvalue weighted by molar-refractivity contribution is -0.385. The van der Waals surface area contributed by atoms with Gasteiger partial charge in [-0.1, -0.05) is 0 Å². The number of carbonyl (C=O) groups excluding carboxylic acids is 1. The van der Waals surface area contributed by atoms with Crippen LogP contribution < -0.4 is 14.8 Å². The van der Waals surface area contributed by atoms with Gasteiger partial charge in [-0.3, -0.25) is 14.9 Å². The SMILES string of the molecule is COc1ccc(OCC(=O)N[C@]2(C)CCS(=O)(=O)C2)c([N+](=O)[O-])c1. The summed E-state index contributed by atoms with van der Waals surface area (Å²) in [7, 11) is -1.77. The van der Waals surface area contributed by atoms with Crippen molar-refractivity contribution < 1.29 is 27.6 Å². The van der Waals surface area contributed by atoms with E-state index in [1.54, 1.807) is 6.92 Å². The van der Waals surface area contributed by atoms with E-state index in [0.29, 0.717) is 12.2 Å². The summed E-state index contributed by atoms with van der Waals surface area (Å²) in [5.74, 6) is -0.426. The van der Waals surface area contributed by atoms with Crippen molar-refractivity contribution in [3.05, 3.63) is 28.3 Å². The predicted octanol–water partition coefficient (Wildman–Crippen LogP) is 0.676. The average molecular weight is 358 g/mol. The van der Waals surface area contributed by atoms with Crippen molar-refractivity contribution in [3.8, 4) is 11.5 Å². The molecule has 10 heteroatoms. The molecule has 2 rings (SSSR count). The Morgan fingerprint density at radius 1 is 1.46 bits per heavy atom. The standard InChI is InChI=1S/C14H18N2O7S/c1-14(5-6-24(20,21)9-14)15-13(17)8-23-12-4-3-10(22-2)7-11(12)16(18)19/h3-4,7H,5-6,8-9H2,1-2H3,(H,15,17)/t14-/m1/s1. The summed E-state index contributed by atoms with van der Waals surface area (Å²) in [5.41, 5.74) is -1.16. The summed E-state index contributed by atoms with van der Waals surface area (Å²) >= 11 is 0. The Morgan fingerprint density at radius 3 is 2.71 bits per heavy atom. The van der Waals surface area contributed by atoms with Gasteiger partial charge in [-0.05, 0) is 25.5 Å². The van der Waals surface area contributed by atoms with Crippen LogP contribution in [0, 0.1) is 10.1 Å². The third kappa shape index (κ3) is 4.34. The van der Waals surface area contributed by atoms with Gasteiger partial charge in [0, 0.05) is 0 Å². The van der Waals surface area contributed by atoms with Gasteiger partial charge in [0.1, 0.15) is 5.75 Å². The van der Waals surface area contributed by atoms with Gasteiger partial charge in [0.15, 0.2) is 22.2 Å². The fourth-order valence-electron chi connectivity index (χ4n) is 2.51. The van der Waals surface area contributed by atoms with Crippen LogP contribution in [-0.4, -0.2) is 50.0 Å². The molecule has 1 amide bonds. The first kappa shape index (κ1) is 18.0. The van der Waals surface area contributed by atoms with Gasteiger partial charge in [-0.15, -0.1) is 0 Å². The van der Waals surface area contributed by atoms with Crippen molar-refractivity contribution in [2.45, 2.75) is 18.9 Å². The van der Waals surface area contributed by atoms with Gasteiger partial charge in [-0.25, -0.2) is 8.42 Å². The maximum absolute atomic E-state index is 12.0. The van der Waals surface area contributed by atoms with Crippen molar-refractivity contribution in [1.82, 2.24) is 5.32 Å². The van der Waals surface area contributed by atoms with E-state index >= 15 is 0 Å². The first-order valence-electron chi connectivity index (χ1n) is 7.11. The molecule has 1 N–H and O–H groups in total. The fourth-order valence-corrected chi connectivity index (χ4v) is 4.61. The minimum Gasteiger partial charge on any atom is -0.496 e. The van der Waals surface area contributed by atoms with Crippen LogP contribution in [0.2, 0.25) is 0 Å². The number of nitro benzene ring substituents is 1. The predicted molar refractivity (Wildman–Crippen MR) is 85.0 cm³/mol. The van der Waals surface area contributed by atoms with Gasteiger partial charge >= 0.3 is 5.69 Å². The van der Waals surface area contributed by atoms with Crippen LogP contribution >= 0.6 is 0 Å². The lowest BCUT2D eigenvalue weighted by atomic mass is 10.0. The van der Waals surface area contributed by atoms with Crippen molar-refractivity contribution in [1.29, 1.82) is 0 Å². The average Bonchev–Trinajstić information content (AvgIpc) is 2.78. The van der Waals surface area contributed by atoms with Crippen LogP contribution in [0.5, 0.6) is 11.5 Å². The monoisotopic (exact) mass is 358 g/mol. The first-order valence-corrected chi connectivity index (χ1v) is 8.93. The van der Waals surface area contributed by atoms with Crippen LogP contribution in [0.15, 0.2) is 18.2 Å². The molecule has 132 valence electrons. The summed E-state index contributed by atoms with van der Waals surface area (Å²) in [6, 6.07) is 4.01. The number of amides is 1. The van der Waals surface area contributed by atoms with Crippen molar-refractivity contribution in [2.75, 3.05) is 25.2 Å². The zero-order chi connectivity index (χ0) is 18.0. The summed E-state index contributed by atoms with van der Waals surface area (Å²) in [5, 5.41) is 13.7. The third-order valence-electron chi connectivity index (χ3n) is 3.67. The van der Waals surface area contributed by atoms with Crippen LogP contribution in [0.4, 0.5) is 5.69 Å². The molecule has 0 saturated carbocycles. The molecule has 1 saturated heterocycles. The van der Waals surface area contributed by atoms with Crippen molar-refractivity contribution in [2.24, 2.45) is 0 Å². The van der Waals surface area contributed by atoms with E-state index in [4.69, 9.17) is 9.47 Å². The summed E-state index contributed by atoms with van der Waals surface area (Å²) in [4.78, 5) is 22.4. The number of carbonyl (C=O) groups is 1. The van der Waals surface area contributed by atoms with E-state index in [1.807, 2.05) is 0 Å². The number of nitrogens with zero attached hydrogens (tertiary/aromatic N) is 1. The smallest absolute Gasteiger partial charge is 0.314 e. The van der Waals surface area contributed by atoms with E-state index in [1.165, 1.54) is 25.3 Å². The molecule has 0 bridgehead atoms. The highest BCUT2D eigenvalue weighted by Gasteiger charge is 2.39. The normalized spacial score (nSPS) is 21.9. The second kappa shape index (κ2) is 6.63. The number of nitro groups is 1. The molecule has 1 aliphatic rings. The van der Waals surface area contributed by atoms with Crippen LogP contribution in [-0.2, 0) is 14.6 Å². The number of ether oxygens (including phenoxy) is 2. The second-order valence-corrected chi connectivity index (χ2v) is 8.01. The van der Waals surface area contributed by atoms with E-state index < -0.39 is 32.8 Å². The largest absolute Gasteiger partial charge is 0.496 e. The Balaban J connectivity index is 2.01. The first-order chi connectivity index (χ1) is 11.1. The third-order valence-corrected chi connectivity index (χ3v) is 5.57. The fraction of sp³-hybridized carbons (Fsp3) is 0.500. The number of nitrogens with one attached hydrogen (secondary N) is 1. The summed E-state index contributed by atoms with van der Waals surface area (Å²) in [6.45, 7) is 1.19. The Bertz CT molecular complexity index is 762. The molecular weight excluding hydrogens is 340 g/mol. The van der Waals surface area contributed by atoms with E-state index in [-0.39, 0.29) is 22.9 Å².